The highest BCUT2D eigenvalue weighted by Crippen LogP contribution is 2.46. The van der Waals surface area contributed by atoms with Gasteiger partial charge in [0.25, 0.3) is 0 Å². The Kier molecular flexibility index (Phi) is 6.25. The van der Waals surface area contributed by atoms with Crippen LogP contribution in [0.5, 0.6) is 5.75 Å². The molecule has 0 amide bonds. The van der Waals surface area contributed by atoms with Crippen LogP contribution in [0.3, 0.4) is 0 Å². The van der Waals surface area contributed by atoms with Gasteiger partial charge >= 0.3 is 17.6 Å². The van der Waals surface area contributed by atoms with Gasteiger partial charge in [-0.05, 0) is 51.8 Å². The molecule has 0 saturated heterocycles. The molecule has 0 N–H and O–H groups in total. The van der Waals surface area contributed by atoms with Crippen LogP contribution in [0.15, 0.2) is 45.1 Å². The summed E-state index contributed by atoms with van der Waals surface area (Å²) >= 11 is 0. The number of carbonyl (C=O) groups excluding carboxylic acids is 2. The van der Waals surface area contributed by atoms with Crippen molar-refractivity contribution in [3.8, 4) is 5.75 Å². The summed E-state index contributed by atoms with van der Waals surface area (Å²) in [4.78, 5) is 37.1. The van der Waals surface area contributed by atoms with E-state index in [1.54, 1.807) is 45.9 Å². The minimum Gasteiger partial charge on any atom is -0.483 e. The molecule has 0 radical (unpaired) electrons. The highest BCUT2D eigenvalue weighted by Gasteiger charge is 2.50. The molecule has 1 aliphatic heterocycles. The van der Waals surface area contributed by atoms with Gasteiger partial charge in [0.05, 0.1) is 5.56 Å². The molecule has 0 spiro atoms. The average molecular weight is 428 g/mol. The summed E-state index contributed by atoms with van der Waals surface area (Å²) < 4.78 is 23.2. The smallest absolute Gasteiger partial charge is 0.336 e. The van der Waals surface area contributed by atoms with Gasteiger partial charge in [-0.15, -0.1) is 0 Å². The Balaban J connectivity index is 2.17. The molecule has 1 aliphatic rings. The number of carbonyl (C=O) groups is 2. The SMILES string of the molecule is CC(C)=CC(=O)O[C@@H]1[C@H](OC(=O)CC(C)C)c2c(ccc3ccc(=O)oc23)OC1(C)C. The molecule has 2 atom stereocenters. The molecule has 0 fully saturated rings. The molecular weight excluding hydrogens is 400 g/mol. The monoisotopic (exact) mass is 428 g/mol. The Labute approximate surface area is 181 Å². The number of hydrogen-bond acceptors (Lipinski definition) is 7. The van der Waals surface area contributed by atoms with Gasteiger partial charge in [0, 0.05) is 23.9 Å². The first-order valence-electron chi connectivity index (χ1n) is 10.3. The molecule has 166 valence electrons. The lowest BCUT2D eigenvalue weighted by Crippen LogP contribution is -2.52. The number of allylic oxidation sites excluding steroid dienone is 1. The summed E-state index contributed by atoms with van der Waals surface area (Å²) in [5.41, 5.74) is -0.169. The Morgan fingerprint density at radius 2 is 1.81 bits per heavy atom. The summed E-state index contributed by atoms with van der Waals surface area (Å²) in [6.07, 6.45) is -0.415. The summed E-state index contributed by atoms with van der Waals surface area (Å²) in [5, 5.41) is 0.640. The van der Waals surface area contributed by atoms with Gasteiger partial charge in [-0.3, -0.25) is 4.79 Å². The quantitative estimate of drug-likeness (QED) is 0.394. The molecule has 2 heterocycles. The van der Waals surface area contributed by atoms with Gasteiger partial charge in [0.2, 0.25) is 0 Å². The highest BCUT2D eigenvalue weighted by molar-refractivity contribution is 5.85. The minimum absolute atomic E-state index is 0.0805. The molecule has 1 aromatic carbocycles. The second kappa shape index (κ2) is 8.57. The Morgan fingerprint density at radius 1 is 1.13 bits per heavy atom. The topological polar surface area (TPSA) is 92.0 Å². The van der Waals surface area contributed by atoms with Gasteiger partial charge in [-0.25, -0.2) is 9.59 Å². The van der Waals surface area contributed by atoms with Crippen molar-refractivity contribution in [2.45, 2.75) is 65.8 Å². The van der Waals surface area contributed by atoms with E-state index in [0.29, 0.717) is 16.7 Å². The molecule has 2 aromatic rings. The van der Waals surface area contributed by atoms with Crippen molar-refractivity contribution in [1.82, 2.24) is 0 Å². The van der Waals surface area contributed by atoms with Crippen LogP contribution in [-0.2, 0) is 19.1 Å². The molecule has 3 rings (SSSR count). The first kappa shape index (κ1) is 22.6. The number of esters is 2. The largest absolute Gasteiger partial charge is 0.483 e. The van der Waals surface area contributed by atoms with Crippen molar-refractivity contribution in [3.05, 3.63) is 51.9 Å². The average Bonchev–Trinajstić information content (AvgIpc) is 2.62. The van der Waals surface area contributed by atoms with Crippen LogP contribution in [0.4, 0.5) is 0 Å². The minimum atomic E-state index is -1.01. The second-order valence-electron chi connectivity index (χ2n) is 8.94. The second-order valence-corrected chi connectivity index (χ2v) is 8.94. The van der Waals surface area contributed by atoms with Crippen LogP contribution in [0.25, 0.3) is 11.0 Å². The van der Waals surface area contributed by atoms with Gasteiger partial charge in [0.1, 0.15) is 16.9 Å². The maximum Gasteiger partial charge on any atom is 0.336 e. The van der Waals surface area contributed by atoms with Gasteiger partial charge in [-0.1, -0.05) is 19.4 Å². The van der Waals surface area contributed by atoms with E-state index in [1.807, 2.05) is 13.8 Å². The molecule has 0 unspecified atom stereocenters. The third kappa shape index (κ3) is 4.98. The standard InChI is InChI=1S/C24H28O7/c1-13(2)11-18(26)29-22-20-16(9-7-15-8-10-17(25)28-21(15)20)31-24(5,6)23(22)30-19(27)12-14(3)4/h7-10,12-13,22-23H,11H2,1-6H3/t22-,23-/m1/s1. The van der Waals surface area contributed by atoms with Gasteiger partial charge < -0.3 is 18.6 Å². The first-order valence-corrected chi connectivity index (χ1v) is 10.3. The lowest BCUT2D eigenvalue weighted by atomic mass is 9.87. The van der Waals surface area contributed by atoms with E-state index in [0.717, 1.165) is 5.57 Å². The van der Waals surface area contributed by atoms with Crippen molar-refractivity contribution >= 4 is 22.9 Å². The number of fused-ring (bicyclic) bond motifs is 3. The molecule has 7 heteroatoms. The van der Waals surface area contributed by atoms with Crippen LogP contribution in [0.1, 0.15) is 59.6 Å². The van der Waals surface area contributed by atoms with Crippen molar-refractivity contribution < 1.29 is 28.2 Å². The molecular formula is C24H28O7. The van der Waals surface area contributed by atoms with Gasteiger partial charge in [0.15, 0.2) is 12.2 Å². The summed E-state index contributed by atoms with van der Waals surface area (Å²) in [6.45, 7) is 10.9. The number of benzene rings is 1. The van der Waals surface area contributed by atoms with Crippen LogP contribution in [0.2, 0.25) is 0 Å². The fraction of sp³-hybridized carbons (Fsp3) is 0.458. The number of ether oxygens (including phenoxy) is 3. The zero-order valence-corrected chi connectivity index (χ0v) is 18.7. The van der Waals surface area contributed by atoms with Crippen LogP contribution in [-0.4, -0.2) is 23.6 Å². The molecule has 31 heavy (non-hydrogen) atoms. The lowest BCUT2D eigenvalue weighted by Gasteiger charge is -2.43. The van der Waals surface area contributed by atoms with E-state index >= 15 is 0 Å². The zero-order valence-electron chi connectivity index (χ0n) is 18.7. The predicted molar refractivity (Wildman–Crippen MR) is 115 cm³/mol. The van der Waals surface area contributed by atoms with E-state index in [4.69, 9.17) is 18.6 Å². The van der Waals surface area contributed by atoms with E-state index in [2.05, 4.69) is 0 Å². The van der Waals surface area contributed by atoms with Crippen LogP contribution in [0, 0.1) is 5.92 Å². The molecule has 0 bridgehead atoms. The maximum atomic E-state index is 12.6. The first-order chi connectivity index (χ1) is 14.5. The van der Waals surface area contributed by atoms with Crippen molar-refractivity contribution in [3.63, 3.8) is 0 Å². The Bertz CT molecular complexity index is 1090. The van der Waals surface area contributed by atoms with Crippen LogP contribution < -0.4 is 10.4 Å². The normalized spacial score (nSPS) is 19.3. The third-order valence-electron chi connectivity index (χ3n) is 4.89. The summed E-state index contributed by atoms with van der Waals surface area (Å²) in [7, 11) is 0. The summed E-state index contributed by atoms with van der Waals surface area (Å²) in [6, 6.07) is 6.43. The predicted octanol–water partition coefficient (Wildman–Crippen LogP) is 4.47. The van der Waals surface area contributed by atoms with Crippen molar-refractivity contribution in [2.75, 3.05) is 0 Å². The number of hydrogen-bond donors (Lipinski definition) is 0. The van der Waals surface area contributed by atoms with Crippen molar-refractivity contribution in [1.29, 1.82) is 0 Å². The van der Waals surface area contributed by atoms with Crippen molar-refractivity contribution in [2.24, 2.45) is 5.92 Å². The fourth-order valence-electron chi connectivity index (χ4n) is 3.59. The fourth-order valence-corrected chi connectivity index (χ4v) is 3.59. The number of rotatable bonds is 5. The molecule has 1 aromatic heterocycles. The molecule has 7 nitrogen and oxygen atoms in total. The Morgan fingerprint density at radius 3 is 2.45 bits per heavy atom. The summed E-state index contributed by atoms with van der Waals surface area (Å²) in [5.74, 6) is -0.528. The molecule has 0 saturated carbocycles. The van der Waals surface area contributed by atoms with E-state index < -0.39 is 35.4 Å². The van der Waals surface area contributed by atoms with Gasteiger partial charge in [-0.2, -0.15) is 0 Å². The van der Waals surface area contributed by atoms with E-state index in [9.17, 15) is 14.4 Å². The maximum absolute atomic E-state index is 12.6. The third-order valence-corrected chi connectivity index (χ3v) is 4.89. The lowest BCUT2D eigenvalue weighted by molar-refractivity contribution is -0.187. The Hall–Kier alpha value is -3.09. The van der Waals surface area contributed by atoms with E-state index in [1.165, 1.54) is 12.1 Å². The zero-order chi connectivity index (χ0) is 22.9. The molecule has 0 aliphatic carbocycles. The highest BCUT2D eigenvalue weighted by atomic mass is 16.6. The van der Waals surface area contributed by atoms with E-state index in [-0.39, 0.29) is 17.9 Å². The van der Waals surface area contributed by atoms with Crippen LogP contribution >= 0.6 is 0 Å².